The quantitative estimate of drug-likeness (QED) is 0.400. The first kappa shape index (κ1) is 12.3. The van der Waals surface area contributed by atoms with E-state index < -0.39 is 18.8 Å². The standard InChI is InChI=1S/C11H6N.2CH3.Ir.Sb/c1-2-6-10(7-3-1)11-8-4-5-9-12-11;;;;/h1-5,9H;2*1H3;;/q-1;;;;. The van der Waals surface area contributed by atoms with Gasteiger partial charge in [-0.25, -0.2) is 0 Å². The predicted molar refractivity (Wildman–Crippen MR) is 65.3 cm³/mol. The molecule has 2 radical (unpaired) electrons. The maximum Gasteiger partial charge on any atom is 0 e. The van der Waals surface area contributed by atoms with Crippen molar-refractivity contribution in [2.45, 2.75) is 9.74 Å². The number of hydrogen-bond acceptors (Lipinski definition) is 1. The van der Waals surface area contributed by atoms with Crippen molar-refractivity contribution in [3.8, 4) is 11.3 Å². The Balaban J connectivity index is 0.000000963. The minimum absolute atomic E-state index is 0. The van der Waals surface area contributed by atoms with Crippen LogP contribution in [0.1, 0.15) is 0 Å². The number of fused-ring (bicyclic) bond motifs is 3. The monoisotopic (exact) mass is 496 g/mol. The van der Waals surface area contributed by atoms with Gasteiger partial charge in [-0.1, -0.05) is 0 Å². The maximum atomic E-state index is 4.51. The van der Waals surface area contributed by atoms with Gasteiger partial charge in [0.15, 0.2) is 0 Å². The molecule has 0 aliphatic carbocycles. The third-order valence-corrected chi connectivity index (χ3v) is 12.0. The van der Waals surface area contributed by atoms with E-state index in [1.807, 2.05) is 12.3 Å². The topological polar surface area (TPSA) is 12.9 Å². The molecule has 0 saturated carbocycles. The van der Waals surface area contributed by atoms with Gasteiger partial charge in [-0.05, 0) is 0 Å². The summed E-state index contributed by atoms with van der Waals surface area (Å²) in [4.78, 5) is 9.40. The van der Waals surface area contributed by atoms with Gasteiger partial charge in [0.2, 0.25) is 0 Å². The van der Waals surface area contributed by atoms with Crippen LogP contribution >= 0.6 is 0 Å². The number of pyridine rings is 1. The molecule has 1 aliphatic heterocycles. The van der Waals surface area contributed by atoms with E-state index in [2.05, 4.69) is 45.1 Å². The zero-order chi connectivity index (χ0) is 10.5. The van der Waals surface area contributed by atoms with Gasteiger partial charge in [0, 0.05) is 20.1 Å². The van der Waals surface area contributed by atoms with Gasteiger partial charge in [0.05, 0.1) is 0 Å². The summed E-state index contributed by atoms with van der Waals surface area (Å²) in [7, 11) is 0. The van der Waals surface area contributed by atoms with E-state index in [1.165, 1.54) is 18.3 Å². The zero-order valence-electron chi connectivity index (χ0n) is 9.19. The first-order valence-corrected chi connectivity index (χ1v) is 12.7. The molecule has 3 rings (SSSR count). The summed E-state index contributed by atoms with van der Waals surface area (Å²) < 4.78 is 3.04. The fourth-order valence-corrected chi connectivity index (χ4v) is 9.69. The fourth-order valence-electron chi connectivity index (χ4n) is 2.25. The maximum absolute atomic E-state index is 4.51. The van der Waals surface area contributed by atoms with Gasteiger partial charge in [-0.2, -0.15) is 0 Å². The van der Waals surface area contributed by atoms with Crippen LogP contribution in [0.2, 0.25) is 9.74 Å². The van der Waals surface area contributed by atoms with Crippen molar-refractivity contribution >= 4 is 25.8 Å². The number of benzene rings is 1. The van der Waals surface area contributed by atoms with Crippen LogP contribution in [0.15, 0.2) is 36.5 Å². The Labute approximate surface area is 114 Å². The Morgan fingerprint density at radius 3 is 2.69 bits per heavy atom. The zero-order valence-corrected chi connectivity index (χ0v) is 14.1. The Morgan fingerprint density at radius 2 is 1.88 bits per heavy atom. The summed E-state index contributed by atoms with van der Waals surface area (Å²) in [5, 5.41) is 0. The average Bonchev–Trinajstić information content (AvgIpc) is 2.51. The normalized spacial score (nSPS) is 14.9. The van der Waals surface area contributed by atoms with Gasteiger partial charge in [-0.3, -0.25) is 0 Å². The third kappa shape index (κ3) is 1.59. The second kappa shape index (κ2) is 4.26. The molecular weight excluding hydrogens is 484 g/mol. The second-order valence-corrected chi connectivity index (χ2v) is 15.3. The largest absolute Gasteiger partial charge is 0 e. The molecule has 2 heterocycles. The minimum Gasteiger partial charge on any atom is 0 e. The molecule has 84 valence electrons. The van der Waals surface area contributed by atoms with Gasteiger partial charge < -0.3 is 0 Å². The first-order chi connectivity index (χ1) is 7.21. The molecule has 1 aromatic carbocycles. The predicted octanol–water partition coefficient (Wildman–Crippen LogP) is 1.68. The number of aromatic nitrogens is 1. The smallest absolute Gasteiger partial charge is 0 e. The molecule has 3 heteroatoms. The van der Waals surface area contributed by atoms with Crippen molar-refractivity contribution in [2.24, 2.45) is 0 Å². The summed E-state index contributed by atoms with van der Waals surface area (Å²) in [6.45, 7) is 0. The van der Waals surface area contributed by atoms with Crippen LogP contribution in [0.25, 0.3) is 11.3 Å². The van der Waals surface area contributed by atoms with E-state index in [9.17, 15) is 0 Å². The molecule has 0 fully saturated rings. The minimum atomic E-state index is -2.15. The summed E-state index contributed by atoms with van der Waals surface area (Å²) >= 11 is -2.15. The van der Waals surface area contributed by atoms with E-state index >= 15 is 0 Å². The van der Waals surface area contributed by atoms with E-state index in [4.69, 9.17) is 0 Å². The SMILES string of the molecule is [CH3][Sb]1([CH3])[c]2ccc[c-]c2-c2nccc[c]21.[Ir]. The van der Waals surface area contributed by atoms with Crippen LogP contribution in [-0.2, 0) is 20.1 Å². The van der Waals surface area contributed by atoms with Crippen molar-refractivity contribution < 1.29 is 20.1 Å². The van der Waals surface area contributed by atoms with E-state index in [0.717, 1.165) is 0 Å². The molecule has 0 amide bonds. The van der Waals surface area contributed by atoms with Gasteiger partial charge >= 0.3 is 94.4 Å². The summed E-state index contributed by atoms with van der Waals surface area (Å²) in [5.74, 6) is 0. The molecule has 0 N–H and O–H groups in total. The Kier molecular flexibility index (Phi) is 3.27. The van der Waals surface area contributed by atoms with Crippen molar-refractivity contribution in [1.29, 1.82) is 0 Å². The van der Waals surface area contributed by atoms with E-state index in [0.29, 0.717) is 0 Å². The Morgan fingerprint density at radius 1 is 1.12 bits per heavy atom. The van der Waals surface area contributed by atoms with Crippen molar-refractivity contribution in [2.75, 3.05) is 0 Å². The van der Waals surface area contributed by atoms with Gasteiger partial charge in [-0.15, -0.1) is 0 Å². The molecule has 1 nitrogen and oxygen atoms in total. The van der Waals surface area contributed by atoms with Gasteiger partial charge in [0.25, 0.3) is 0 Å². The molecule has 16 heavy (non-hydrogen) atoms. The molecule has 0 saturated heterocycles. The summed E-state index contributed by atoms with van der Waals surface area (Å²) in [6.07, 6.45) is 1.88. The molecule has 0 atom stereocenters. The van der Waals surface area contributed by atoms with Crippen LogP contribution in [0.4, 0.5) is 0 Å². The van der Waals surface area contributed by atoms with Crippen molar-refractivity contribution in [3.63, 3.8) is 0 Å². The molecule has 0 spiro atoms. The molecule has 0 unspecified atom stereocenters. The first-order valence-electron chi connectivity index (χ1n) is 5.02. The fraction of sp³-hybridized carbons (Fsp3) is 0.154. The van der Waals surface area contributed by atoms with E-state index in [-0.39, 0.29) is 20.1 Å². The van der Waals surface area contributed by atoms with Crippen molar-refractivity contribution in [1.82, 2.24) is 4.98 Å². The van der Waals surface area contributed by atoms with Crippen LogP contribution in [0, 0.1) is 6.07 Å². The summed E-state index contributed by atoms with van der Waals surface area (Å²) in [6, 6.07) is 14.0. The second-order valence-electron chi connectivity index (χ2n) is 4.25. The number of hydrogen-bond donors (Lipinski definition) is 0. The number of rotatable bonds is 0. The molecule has 1 aromatic heterocycles. The molecule has 1 aliphatic rings. The molecular formula is C13H12IrNSb-. The van der Waals surface area contributed by atoms with Crippen molar-refractivity contribution in [3.05, 3.63) is 42.6 Å². The van der Waals surface area contributed by atoms with Crippen LogP contribution < -0.4 is 7.02 Å². The van der Waals surface area contributed by atoms with Crippen LogP contribution in [-0.4, -0.2) is 23.8 Å². The van der Waals surface area contributed by atoms with Crippen LogP contribution in [0.3, 0.4) is 0 Å². The third-order valence-electron chi connectivity index (χ3n) is 3.06. The Bertz CT molecular complexity index is 489. The van der Waals surface area contributed by atoms with Gasteiger partial charge in [0.1, 0.15) is 0 Å². The number of nitrogens with zero attached hydrogens (tertiary/aromatic N) is 1. The molecule has 2 aromatic rings. The summed E-state index contributed by atoms with van der Waals surface area (Å²) in [5.41, 5.74) is 2.44. The van der Waals surface area contributed by atoms with Crippen LogP contribution in [0.5, 0.6) is 0 Å². The average molecular weight is 496 g/mol. The van der Waals surface area contributed by atoms with E-state index in [1.54, 1.807) is 0 Å². The molecule has 0 bridgehead atoms. The Hall–Kier alpha value is -0.162.